The normalized spacial score (nSPS) is 15.8. The second kappa shape index (κ2) is 7.19. The Morgan fingerprint density at radius 1 is 1.15 bits per heavy atom. The van der Waals surface area contributed by atoms with Gasteiger partial charge in [-0.2, -0.15) is 5.26 Å². The number of hydrogen-bond acceptors (Lipinski definition) is 4. The fraction of sp³-hybridized carbons (Fsp3) is 0.333. The molecule has 0 amide bonds. The van der Waals surface area contributed by atoms with Gasteiger partial charge in [0, 0.05) is 19.5 Å². The lowest BCUT2D eigenvalue weighted by atomic mass is 9.98. The predicted molar refractivity (Wildman–Crippen MR) is 104 cm³/mol. The standard InChI is InChI=1S/C21H23N5/c1-23-20-15-26-19(3-2-4-21(26)24-20)18-7-5-17(6-8-18)14-25-11-9-16(13-22)10-12-25/h2-8,15-16,23H,9-12,14H2,1H3. The molecule has 0 atom stereocenters. The first-order valence-electron chi connectivity index (χ1n) is 9.14. The van der Waals surface area contributed by atoms with Crippen LogP contribution in [0.3, 0.4) is 0 Å². The Balaban J connectivity index is 1.52. The van der Waals surface area contributed by atoms with E-state index in [2.05, 4.69) is 56.0 Å². The molecular weight excluding hydrogens is 322 g/mol. The van der Waals surface area contributed by atoms with E-state index in [1.807, 2.05) is 25.4 Å². The number of pyridine rings is 1. The Morgan fingerprint density at radius 3 is 2.62 bits per heavy atom. The number of nitrogens with zero attached hydrogens (tertiary/aromatic N) is 4. The summed E-state index contributed by atoms with van der Waals surface area (Å²) in [7, 11) is 1.88. The summed E-state index contributed by atoms with van der Waals surface area (Å²) in [6.07, 6.45) is 4.01. The number of likely N-dealkylation sites (tertiary alicyclic amines) is 1. The summed E-state index contributed by atoms with van der Waals surface area (Å²) >= 11 is 0. The number of rotatable bonds is 4. The maximum atomic E-state index is 9.02. The number of aromatic nitrogens is 2. The zero-order valence-electron chi connectivity index (χ0n) is 15.0. The Morgan fingerprint density at radius 2 is 1.92 bits per heavy atom. The minimum absolute atomic E-state index is 0.242. The number of benzene rings is 1. The fourth-order valence-electron chi connectivity index (χ4n) is 3.63. The van der Waals surface area contributed by atoms with Crippen molar-refractivity contribution in [3.8, 4) is 17.3 Å². The molecule has 0 unspecified atom stereocenters. The molecule has 1 aliphatic heterocycles. The van der Waals surface area contributed by atoms with Gasteiger partial charge in [-0.3, -0.25) is 9.30 Å². The third kappa shape index (κ3) is 3.29. The van der Waals surface area contributed by atoms with E-state index in [9.17, 15) is 0 Å². The van der Waals surface area contributed by atoms with Crippen LogP contribution in [0.1, 0.15) is 18.4 Å². The maximum absolute atomic E-state index is 9.02. The van der Waals surface area contributed by atoms with Gasteiger partial charge >= 0.3 is 0 Å². The van der Waals surface area contributed by atoms with Gasteiger partial charge in [-0.25, -0.2) is 4.98 Å². The van der Waals surface area contributed by atoms with Gasteiger partial charge in [-0.1, -0.05) is 30.3 Å². The zero-order valence-corrected chi connectivity index (χ0v) is 15.0. The van der Waals surface area contributed by atoms with E-state index in [-0.39, 0.29) is 5.92 Å². The molecule has 0 saturated carbocycles. The monoisotopic (exact) mass is 345 g/mol. The highest BCUT2D eigenvalue weighted by Crippen LogP contribution is 2.24. The Kier molecular flexibility index (Phi) is 4.59. The van der Waals surface area contributed by atoms with E-state index in [0.29, 0.717) is 0 Å². The van der Waals surface area contributed by atoms with E-state index in [4.69, 9.17) is 5.26 Å². The fourth-order valence-corrected chi connectivity index (χ4v) is 3.63. The van der Waals surface area contributed by atoms with Crippen molar-refractivity contribution in [2.75, 3.05) is 25.5 Å². The van der Waals surface area contributed by atoms with Crippen LogP contribution in [0.4, 0.5) is 5.82 Å². The van der Waals surface area contributed by atoms with Crippen molar-refractivity contribution < 1.29 is 0 Å². The predicted octanol–water partition coefficient (Wildman–Crippen LogP) is 3.78. The lowest BCUT2D eigenvalue weighted by molar-refractivity contribution is 0.198. The minimum atomic E-state index is 0.242. The summed E-state index contributed by atoms with van der Waals surface area (Å²) in [5, 5.41) is 12.1. The van der Waals surface area contributed by atoms with Gasteiger partial charge in [0.15, 0.2) is 0 Å². The second-order valence-corrected chi connectivity index (χ2v) is 6.89. The van der Waals surface area contributed by atoms with Crippen LogP contribution < -0.4 is 5.32 Å². The molecule has 3 aromatic rings. The number of fused-ring (bicyclic) bond motifs is 1. The third-order valence-electron chi connectivity index (χ3n) is 5.17. The van der Waals surface area contributed by atoms with E-state index in [1.54, 1.807) is 0 Å². The second-order valence-electron chi connectivity index (χ2n) is 6.89. The zero-order chi connectivity index (χ0) is 17.9. The molecule has 5 nitrogen and oxygen atoms in total. The van der Waals surface area contributed by atoms with Crippen molar-refractivity contribution in [2.24, 2.45) is 5.92 Å². The maximum Gasteiger partial charge on any atom is 0.145 e. The molecule has 132 valence electrons. The highest BCUT2D eigenvalue weighted by molar-refractivity contribution is 5.65. The molecule has 1 aromatic carbocycles. The lowest BCUT2D eigenvalue weighted by Crippen LogP contribution is -2.32. The third-order valence-corrected chi connectivity index (χ3v) is 5.17. The summed E-state index contributed by atoms with van der Waals surface area (Å²) < 4.78 is 2.12. The van der Waals surface area contributed by atoms with Crippen LogP contribution in [-0.2, 0) is 6.54 Å². The van der Waals surface area contributed by atoms with E-state index in [0.717, 1.165) is 49.6 Å². The van der Waals surface area contributed by atoms with Crippen molar-refractivity contribution in [1.82, 2.24) is 14.3 Å². The number of imidazole rings is 1. The Hall–Kier alpha value is -2.84. The summed E-state index contributed by atoms with van der Waals surface area (Å²) in [5.41, 5.74) is 4.58. The van der Waals surface area contributed by atoms with E-state index >= 15 is 0 Å². The lowest BCUT2D eigenvalue weighted by Gasteiger charge is -2.29. The summed E-state index contributed by atoms with van der Waals surface area (Å²) in [6, 6.07) is 17.4. The summed E-state index contributed by atoms with van der Waals surface area (Å²) in [6.45, 7) is 2.99. The van der Waals surface area contributed by atoms with Crippen LogP contribution in [0.2, 0.25) is 0 Å². The highest BCUT2D eigenvalue weighted by Gasteiger charge is 2.18. The molecule has 1 aliphatic rings. The van der Waals surface area contributed by atoms with E-state index < -0.39 is 0 Å². The van der Waals surface area contributed by atoms with E-state index in [1.165, 1.54) is 11.1 Å². The molecule has 4 rings (SSSR count). The van der Waals surface area contributed by atoms with Gasteiger partial charge in [0.1, 0.15) is 11.5 Å². The summed E-state index contributed by atoms with van der Waals surface area (Å²) in [5.74, 6) is 1.11. The van der Waals surface area contributed by atoms with Crippen LogP contribution in [0.25, 0.3) is 16.9 Å². The molecule has 0 spiro atoms. The number of anilines is 1. The molecule has 5 heteroatoms. The molecule has 1 N–H and O–H groups in total. The number of nitrogens with one attached hydrogen (secondary N) is 1. The van der Waals surface area contributed by atoms with Gasteiger partial charge in [0.25, 0.3) is 0 Å². The van der Waals surface area contributed by atoms with Gasteiger partial charge in [-0.05, 0) is 49.2 Å². The van der Waals surface area contributed by atoms with Crippen LogP contribution in [-0.4, -0.2) is 34.4 Å². The molecule has 0 radical (unpaired) electrons. The molecule has 0 aliphatic carbocycles. The van der Waals surface area contributed by atoms with Crippen LogP contribution >= 0.6 is 0 Å². The van der Waals surface area contributed by atoms with Gasteiger partial charge < -0.3 is 5.32 Å². The van der Waals surface area contributed by atoms with Gasteiger partial charge in [0.2, 0.25) is 0 Å². The Labute approximate surface area is 153 Å². The van der Waals surface area contributed by atoms with Crippen molar-refractivity contribution >= 4 is 11.5 Å². The summed E-state index contributed by atoms with van der Waals surface area (Å²) in [4.78, 5) is 6.99. The van der Waals surface area contributed by atoms with Crippen molar-refractivity contribution in [2.45, 2.75) is 19.4 Å². The SMILES string of the molecule is CNc1cn2c(-c3ccc(CN4CCC(C#N)CC4)cc3)cccc2n1. The molecule has 1 fully saturated rings. The van der Waals surface area contributed by atoms with Gasteiger partial charge in [0.05, 0.1) is 18.0 Å². The highest BCUT2D eigenvalue weighted by atomic mass is 15.1. The molecule has 26 heavy (non-hydrogen) atoms. The molecular formula is C21H23N5. The molecule has 0 bridgehead atoms. The molecule has 3 heterocycles. The first-order chi connectivity index (χ1) is 12.8. The van der Waals surface area contributed by atoms with Crippen LogP contribution in [0, 0.1) is 17.2 Å². The first kappa shape index (κ1) is 16.6. The average Bonchev–Trinajstić information content (AvgIpc) is 3.13. The topological polar surface area (TPSA) is 56.4 Å². The van der Waals surface area contributed by atoms with Crippen LogP contribution in [0.15, 0.2) is 48.7 Å². The van der Waals surface area contributed by atoms with Crippen molar-refractivity contribution in [3.05, 3.63) is 54.2 Å². The smallest absolute Gasteiger partial charge is 0.145 e. The first-order valence-corrected chi connectivity index (χ1v) is 9.14. The molecule has 2 aromatic heterocycles. The number of hydrogen-bond donors (Lipinski definition) is 1. The Bertz CT molecular complexity index is 927. The number of piperidine rings is 1. The van der Waals surface area contributed by atoms with Crippen molar-refractivity contribution in [1.29, 1.82) is 5.26 Å². The van der Waals surface area contributed by atoms with Crippen molar-refractivity contribution in [3.63, 3.8) is 0 Å². The van der Waals surface area contributed by atoms with Crippen LogP contribution in [0.5, 0.6) is 0 Å². The minimum Gasteiger partial charge on any atom is -0.372 e. The molecule has 1 saturated heterocycles. The quantitative estimate of drug-likeness (QED) is 0.782. The average molecular weight is 345 g/mol. The number of nitriles is 1. The largest absolute Gasteiger partial charge is 0.372 e. The van der Waals surface area contributed by atoms with Gasteiger partial charge in [-0.15, -0.1) is 0 Å².